The third-order valence-electron chi connectivity index (χ3n) is 3.18. The monoisotopic (exact) mass is 346 g/mol. The minimum absolute atomic E-state index is 0.407. The third kappa shape index (κ3) is 4.05. The highest BCUT2D eigenvalue weighted by atomic mass is 35.5. The van der Waals surface area contributed by atoms with Gasteiger partial charge in [-0.05, 0) is 48.1 Å². The van der Waals surface area contributed by atoms with Crippen molar-refractivity contribution in [3.05, 3.63) is 67.6 Å². The Morgan fingerprint density at radius 2 is 1.55 bits per heavy atom. The van der Waals surface area contributed by atoms with Crippen LogP contribution in [0.3, 0.4) is 0 Å². The Balaban J connectivity index is 2.09. The predicted octanol–water partition coefficient (Wildman–Crippen LogP) is 6.72. The summed E-state index contributed by atoms with van der Waals surface area (Å²) in [7, 11) is 0. The number of halogens is 4. The van der Waals surface area contributed by atoms with Crippen LogP contribution in [0.5, 0.6) is 0 Å². The third-order valence-corrected chi connectivity index (χ3v) is 4.63. The molecule has 0 saturated heterocycles. The van der Waals surface area contributed by atoms with Gasteiger partial charge in [0.1, 0.15) is 0 Å². The summed E-state index contributed by atoms with van der Waals surface area (Å²) < 4.78 is 0. The first kappa shape index (κ1) is 16.0. The molecule has 1 atom stereocenters. The van der Waals surface area contributed by atoms with Crippen LogP contribution in [0.2, 0.25) is 20.1 Å². The van der Waals surface area contributed by atoms with Crippen molar-refractivity contribution in [1.82, 2.24) is 0 Å². The molecule has 2 rings (SSSR count). The summed E-state index contributed by atoms with van der Waals surface area (Å²) in [5.74, 6) is 0.407. The zero-order valence-electron chi connectivity index (χ0n) is 11.0. The highest BCUT2D eigenvalue weighted by Gasteiger charge is 2.11. The molecule has 0 aliphatic rings. The molecule has 2 aromatic rings. The smallest absolute Gasteiger partial charge is 0.0624 e. The van der Waals surface area contributed by atoms with E-state index in [2.05, 4.69) is 6.92 Å². The normalized spacial score (nSPS) is 12.4. The van der Waals surface area contributed by atoms with Crippen LogP contribution in [0.25, 0.3) is 0 Å². The molecule has 4 heteroatoms. The molecule has 1 unspecified atom stereocenters. The molecule has 0 radical (unpaired) electrons. The van der Waals surface area contributed by atoms with E-state index < -0.39 is 0 Å². The summed E-state index contributed by atoms with van der Waals surface area (Å²) in [5.41, 5.74) is 2.17. The Kier molecular flexibility index (Phi) is 5.63. The van der Waals surface area contributed by atoms with Crippen molar-refractivity contribution in [1.29, 1.82) is 0 Å². The summed E-state index contributed by atoms with van der Waals surface area (Å²) >= 11 is 24.4. The van der Waals surface area contributed by atoms with Gasteiger partial charge in [0.05, 0.1) is 10.0 Å². The SMILES string of the molecule is CC(Cc1ccc(Cl)cc1Cl)Cc1cccc(Cl)c1Cl. The fourth-order valence-corrected chi connectivity index (χ4v) is 3.10. The second-order valence-electron chi connectivity index (χ2n) is 4.96. The van der Waals surface area contributed by atoms with Gasteiger partial charge in [-0.2, -0.15) is 0 Å². The van der Waals surface area contributed by atoms with E-state index in [1.165, 1.54) is 0 Å². The van der Waals surface area contributed by atoms with Crippen molar-refractivity contribution < 1.29 is 0 Å². The quantitative estimate of drug-likeness (QED) is 0.575. The summed E-state index contributed by atoms with van der Waals surface area (Å²) in [4.78, 5) is 0. The molecule has 0 N–H and O–H groups in total. The van der Waals surface area contributed by atoms with Crippen molar-refractivity contribution in [2.75, 3.05) is 0 Å². The van der Waals surface area contributed by atoms with Gasteiger partial charge in [-0.3, -0.25) is 0 Å². The highest BCUT2D eigenvalue weighted by molar-refractivity contribution is 6.42. The lowest BCUT2D eigenvalue weighted by molar-refractivity contribution is 0.577. The molecule has 0 bridgehead atoms. The summed E-state index contributed by atoms with van der Waals surface area (Å²) in [6.45, 7) is 2.17. The van der Waals surface area contributed by atoms with Crippen molar-refractivity contribution in [3.63, 3.8) is 0 Å². The number of benzene rings is 2. The van der Waals surface area contributed by atoms with Gasteiger partial charge in [0.25, 0.3) is 0 Å². The summed E-state index contributed by atoms with van der Waals surface area (Å²) in [6.07, 6.45) is 1.73. The lowest BCUT2D eigenvalue weighted by Crippen LogP contribution is -2.05. The lowest BCUT2D eigenvalue weighted by atomic mass is 9.94. The first-order chi connectivity index (χ1) is 9.47. The maximum absolute atomic E-state index is 6.22. The zero-order chi connectivity index (χ0) is 14.7. The lowest BCUT2D eigenvalue weighted by Gasteiger charge is -2.14. The van der Waals surface area contributed by atoms with Gasteiger partial charge in [0.2, 0.25) is 0 Å². The van der Waals surface area contributed by atoms with Crippen LogP contribution in [0.15, 0.2) is 36.4 Å². The molecule has 0 aromatic heterocycles. The molecule has 0 aliphatic heterocycles. The maximum Gasteiger partial charge on any atom is 0.0624 e. The van der Waals surface area contributed by atoms with E-state index in [-0.39, 0.29) is 0 Å². The Morgan fingerprint density at radius 3 is 2.25 bits per heavy atom. The average Bonchev–Trinajstić information content (AvgIpc) is 2.38. The van der Waals surface area contributed by atoms with Gasteiger partial charge in [-0.15, -0.1) is 0 Å². The topological polar surface area (TPSA) is 0 Å². The van der Waals surface area contributed by atoms with E-state index in [0.717, 1.165) is 24.0 Å². The van der Waals surface area contributed by atoms with Gasteiger partial charge in [-0.1, -0.05) is 71.5 Å². The van der Waals surface area contributed by atoms with E-state index in [4.69, 9.17) is 46.4 Å². The van der Waals surface area contributed by atoms with Crippen LogP contribution < -0.4 is 0 Å². The maximum atomic E-state index is 6.22. The van der Waals surface area contributed by atoms with Crippen molar-refractivity contribution in [2.45, 2.75) is 19.8 Å². The van der Waals surface area contributed by atoms with E-state index >= 15 is 0 Å². The molecule has 0 heterocycles. The number of hydrogen-bond donors (Lipinski definition) is 0. The second kappa shape index (κ2) is 7.04. The van der Waals surface area contributed by atoms with Gasteiger partial charge >= 0.3 is 0 Å². The largest absolute Gasteiger partial charge is 0.0843 e. The second-order valence-corrected chi connectivity index (χ2v) is 6.59. The van der Waals surface area contributed by atoms with Crippen LogP contribution in [0.1, 0.15) is 18.1 Å². The molecule has 0 spiro atoms. The van der Waals surface area contributed by atoms with Gasteiger partial charge in [0, 0.05) is 10.0 Å². The Morgan fingerprint density at radius 1 is 0.850 bits per heavy atom. The van der Waals surface area contributed by atoms with Crippen LogP contribution in [0.4, 0.5) is 0 Å². The summed E-state index contributed by atoms with van der Waals surface area (Å²) in [6, 6.07) is 11.3. The molecular weight excluding hydrogens is 334 g/mol. The molecule has 0 fully saturated rings. The Bertz CT molecular complexity index is 607. The molecule has 0 aliphatic carbocycles. The van der Waals surface area contributed by atoms with Crippen molar-refractivity contribution in [2.24, 2.45) is 5.92 Å². The molecule has 20 heavy (non-hydrogen) atoms. The fourth-order valence-electron chi connectivity index (χ4n) is 2.22. The summed E-state index contributed by atoms with van der Waals surface area (Å²) in [5, 5.41) is 2.61. The average molecular weight is 348 g/mol. The van der Waals surface area contributed by atoms with E-state index in [1.807, 2.05) is 24.3 Å². The highest BCUT2D eigenvalue weighted by Crippen LogP contribution is 2.29. The number of hydrogen-bond acceptors (Lipinski definition) is 0. The molecular formula is C16H14Cl4. The Hall–Kier alpha value is -0.400. The number of rotatable bonds is 4. The van der Waals surface area contributed by atoms with Gasteiger partial charge < -0.3 is 0 Å². The van der Waals surface area contributed by atoms with E-state index in [9.17, 15) is 0 Å². The van der Waals surface area contributed by atoms with E-state index in [0.29, 0.717) is 26.0 Å². The first-order valence-electron chi connectivity index (χ1n) is 6.34. The molecule has 0 amide bonds. The fraction of sp³-hybridized carbons (Fsp3) is 0.250. The first-order valence-corrected chi connectivity index (χ1v) is 7.85. The van der Waals surface area contributed by atoms with Crippen LogP contribution in [-0.2, 0) is 12.8 Å². The molecule has 106 valence electrons. The predicted molar refractivity (Wildman–Crippen MR) is 89.5 cm³/mol. The minimum atomic E-state index is 0.407. The Labute approximate surface area is 139 Å². The standard InChI is InChI=1S/C16H14Cl4/c1-10(7-11-5-6-13(17)9-15(11)19)8-12-3-2-4-14(18)16(12)20/h2-6,9-10H,7-8H2,1H3. The molecule has 2 aromatic carbocycles. The van der Waals surface area contributed by atoms with Crippen molar-refractivity contribution >= 4 is 46.4 Å². The van der Waals surface area contributed by atoms with Crippen molar-refractivity contribution in [3.8, 4) is 0 Å². The van der Waals surface area contributed by atoms with E-state index in [1.54, 1.807) is 12.1 Å². The molecule has 0 nitrogen and oxygen atoms in total. The van der Waals surface area contributed by atoms with Gasteiger partial charge in [0.15, 0.2) is 0 Å². The van der Waals surface area contributed by atoms with Gasteiger partial charge in [-0.25, -0.2) is 0 Å². The van der Waals surface area contributed by atoms with Crippen LogP contribution in [-0.4, -0.2) is 0 Å². The zero-order valence-corrected chi connectivity index (χ0v) is 14.0. The minimum Gasteiger partial charge on any atom is -0.0843 e. The van der Waals surface area contributed by atoms with Crippen LogP contribution in [0, 0.1) is 5.92 Å². The van der Waals surface area contributed by atoms with Crippen LogP contribution >= 0.6 is 46.4 Å². The molecule has 0 saturated carbocycles.